The number of hydrogen-bond acceptors (Lipinski definition) is 8. The van der Waals surface area contributed by atoms with Gasteiger partial charge >= 0.3 is 0 Å². The molecular formula is C14H18S8-2. The van der Waals surface area contributed by atoms with Crippen molar-refractivity contribution in [1.82, 2.24) is 0 Å². The molecule has 0 unspecified atom stereocenters. The predicted octanol–water partition coefficient (Wildman–Crippen LogP) is 7.49. The first-order chi connectivity index (χ1) is 10.7. The van der Waals surface area contributed by atoms with Gasteiger partial charge in [0.05, 0.1) is 16.9 Å². The van der Waals surface area contributed by atoms with E-state index in [1.165, 1.54) is 54.1 Å². The van der Waals surface area contributed by atoms with Gasteiger partial charge in [-0.2, -0.15) is 0 Å². The van der Waals surface area contributed by atoms with E-state index in [-0.39, 0.29) is 0 Å². The standard InChI is InChI=1S/C14H20S8/c1-3-5-7-17-11-12(18-8-6-4-2)22-14(21-11)13-19-9(15)10(16)20-13/h15-16H,3-8H2,1-2H3/p-2. The Hall–Kier alpha value is 1.76. The minimum atomic E-state index is 0.871. The second-order valence-corrected chi connectivity index (χ2v) is 13.2. The van der Waals surface area contributed by atoms with Crippen LogP contribution in [-0.4, -0.2) is 11.5 Å². The van der Waals surface area contributed by atoms with E-state index >= 15 is 0 Å². The summed E-state index contributed by atoms with van der Waals surface area (Å²) < 4.78 is 7.41. The Morgan fingerprint density at radius 2 is 1.14 bits per heavy atom. The Kier molecular flexibility index (Phi) is 9.75. The molecule has 2 rings (SSSR count). The molecular weight excluding hydrogens is 425 g/mol. The highest BCUT2D eigenvalue weighted by atomic mass is 32.3. The molecule has 0 aromatic heterocycles. The fraction of sp³-hybridized carbons (Fsp3) is 0.571. The third-order valence-electron chi connectivity index (χ3n) is 2.70. The Balaban J connectivity index is 2.01. The van der Waals surface area contributed by atoms with Gasteiger partial charge in [-0.05, 0) is 24.3 Å². The van der Waals surface area contributed by atoms with Crippen molar-refractivity contribution in [2.45, 2.75) is 39.5 Å². The van der Waals surface area contributed by atoms with Gasteiger partial charge in [-0.3, -0.25) is 0 Å². The summed E-state index contributed by atoms with van der Waals surface area (Å²) in [4.78, 5) is 0. The lowest BCUT2D eigenvalue weighted by Gasteiger charge is -2.11. The molecule has 0 aliphatic carbocycles. The zero-order chi connectivity index (χ0) is 15.9. The molecule has 2 aliphatic heterocycles. The van der Waals surface area contributed by atoms with Crippen molar-refractivity contribution >= 4 is 95.8 Å². The Bertz CT molecular complexity index is 451. The molecule has 0 fully saturated rings. The quantitative estimate of drug-likeness (QED) is 0.276. The minimum Gasteiger partial charge on any atom is -0.774 e. The van der Waals surface area contributed by atoms with Crippen molar-refractivity contribution in [2.24, 2.45) is 0 Å². The van der Waals surface area contributed by atoms with Gasteiger partial charge in [0.1, 0.15) is 0 Å². The van der Waals surface area contributed by atoms with Crippen molar-refractivity contribution in [3.8, 4) is 0 Å². The Labute approximate surface area is 170 Å². The molecule has 0 aromatic rings. The third kappa shape index (κ3) is 5.93. The summed E-state index contributed by atoms with van der Waals surface area (Å²) in [5, 5.41) is 0. The van der Waals surface area contributed by atoms with Gasteiger partial charge < -0.3 is 25.3 Å². The SMILES string of the molecule is CCCCSC1=C(SCCCC)SC(=C2SC([S-])=C([S-])S2)S1. The molecule has 0 spiro atoms. The summed E-state index contributed by atoms with van der Waals surface area (Å²) in [7, 11) is 0. The van der Waals surface area contributed by atoms with Gasteiger partial charge in [0.25, 0.3) is 0 Å². The zero-order valence-corrected chi connectivity index (χ0v) is 19.0. The van der Waals surface area contributed by atoms with Crippen LogP contribution in [0.3, 0.4) is 0 Å². The topological polar surface area (TPSA) is 0 Å². The van der Waals surface area contributed by atoms with E-state index in [0.717, 1.165) is 8.47 Å². The van der Waals surface area contributed by atoms with Crippen molar-refractivity contribution in [1.29, 1.82) is 0 Å². The van der Waals surface area contributed by atoms with Gasteiger partial charge in [0.2, 0.25) is 0 Å². The molecule has 124 valence electrons. The number of hydrogen-bond donors (Lipinski definition) is 0. The lowest BCUT2D eigenvalue weighted by molar-refractivity contribution is 0.897. The molecule has 2 heterocycles. The van der Waals surface area contributed by atoms with Crippen LogP contribution in [0.2, 0.25) is 0 Å². The van der Waals surface area contributed by atoms with Crippen molar-refractivity contribution < 1.29 is 0 Å². The van der Waals surface area contributed by atoms with Gasteiger partial charge in [-0.1, -0.05) is 50.2 Å². The first kappa shape index (κ1) is 20.1. The van der Waals surface area contributed by atoms with Crippen molar-refractivity contribution in [3.63, 3.8) is 0 Å². The summed E-state index contributed by atoms with van der Waals surface area (Å²) in [5.41, 5.74) is 0. The summed E-state index contributed by atoms with van der Waals surface area (Å²) in [6.45, 7) is 4.51. The monoisotopic (exact) mass is 442 g/mol. The highest BCUT2D eigenvalue weighted by Gasteiger charge is 2.26. The second kappa shape index (κ2) is 10.7. The van der Waals surface area contributed by atoms with Gasteiger partial charge in [0, 0.05) is 0 Å². The fourth-order valence-electron chi connectivity index (χ4n) is 1.51. The fourth-order valence-corrected chi connectivity index (χ4v) is 11.0. The first-order valence-electron chi connectivity index (χ1n) is 7.19. The number of thioether (sulfide) groups is 6. The molecule has 0 atom stereocenters. The third-order valence-corrected chi connectivity index (χ3v) is 12.4. The van der Waals surface area contributed by atoms with Crippen LogP contribution in [0.25, 0.3) is 0 Å². The van der Waals surface area contributed by atoms with E-state index in [0.29, 0.717) is 0 Å². The Morgan fingerprint density at radius 3 is 1.55 bits per heavy atom. The average Bonchev–Trinajstić information content (AvgIpc) is 3.04. The summed E-state index contributed by atoms with van der Waals surface area (Å²) in [6, 6.07) is 0. The van der Waals surface area contributed by atoms with Crippen LogP contribution in [0, 0.1) is 0 Å². The van der Waals surface area contributed by atoms with Crippen molar-refractivity contribution in [3.05, 3.63) is 25.4 Å². The number of unbranched alkanes of at least 4 members (excludes halogenated alkanes) is 2. The molecule has 0 saturated carbocycles. The average molecular weight is 443 g/mol. The number of rotatable bonds is 8. The molecule has 0 radical (unpaired) electrons. The van der Waals surface area contributed by atoms with Crippen LogP contribution in [0.1, 0.15) is 39.5 Å². The van der Waals surface area contributed by atoms with Crippen LogP contribution in [-0.2, 0) is 25.3 Å². The van der Waals surface area contributed by atoms with E-state index in [2.05, 4.69) is 13.8 Å². The van der Waals surface area contributed by atoms with Gasteiger partial charge in [-0.15, -0.1) is 55.5 Å². The maximum absolute atomic E-state index is 5.31. The largest absolute Gasteiger partial charge is 0.774 e. The molecule has 0 bridgehead atoms. The van der Waals surface area contributed by atoms with Crippen LogP contribution >= 0.6 is 70.6 Å². The Morgan fingerprint density at radius 1 is 0.727 bits per heavy atom. The van der Waals surface area contributed by atoms with E-state index in [9.17, 15) is 0 Å². The molecule has 2 aliphatic rings. The second-order valence-electron chi connectivity index (χ2n) is 4.54. The maximum atomic E-state index is 5.31. The minimum absolute atomic E-state index is 0.871. The van der Waals surface area contributed by atoms with Crippen LogP contribution < -0.4 is 0 Å². The van der Waals surface area contributed by atoms with Gasteiger partial charge in [0.15, 0.2) is 0 Å². The van der Waals surface area contributed by atoms with E-state index in [4.69, 9.17) is 25.3 Å². The maximum Gasteiger partial charge on any atom is 0.0716 e. The predicted molar refractivity (Wildman–Crippen MR) is 121 cm³/mol. The van der Waals surface area contributed by atoms with Crippen LogP contribution in [0.5, 0.6) is 0 Å². The van der Waals surface area contributed by atoms with E-state index in [1.807, 2.05) is 47.0 Å². The highest BCUT2D eigenvalue weighted by Crippen LogP contribution is 2.63. The molecule has 0 aromatic carbocycles. The van der Waals surface area contributed by atoms with Crippen LogP contribution in [0.15, 0.2) is 25.4 Å². The van der Waals surface area contributed by atoms with Gasteiger partial charge in [-0.25, -0.2) is 0 Å². The molecule has 0 amide bonds. The molecule has 0 nitrogen and oxygen atoms in total. The highest BCUT2D eigenvalue weighted by molar-refractivity contribution is 8.43. The molecule has 22 heavy (non-hydrogen) atoms. The first-order valence-corrected chi connectivity index (χ1v) is 13.2. The summed E-state index contributed by atoms with van der Waals surface area (Å²) in [6.07, 6.45) is 5.10. The van der Waals surface area contributed by atoms with Crippen LogP contribution in [0.4, 0.5) is 0 Å². The van der Waals surface area contributed by atoms with E-state index in [1.54, 1.807) is 23.5 Å². The lowest BCUT2D eigenvalue weighted by Crippen LogP contribution is -1.80. The summed E-state index contributed by atoms with van der Waals surface area (Å²) in [5.74, 6) is 2.44. The molecule has 8 heteroatoms. The molecule has 0 saturated heterocycles. The molecule has 0 N–H and O–H groups in total. The summed E-state index contributed by atoms with van der Waals surface area (Å²) >= 11 is 21.9. The lowest BCUT2D eigenvalue weighted by atomic mass is 10.4. The van der Waals surface area contributed by atoms with Crippen molar-refractivity contribution in [2.75, 3.05) is 11.5 Å². The van der Waals surface area contributed by atoms with E-state index < -0.39 is 0 Å². The zero-order valence-electron chi connectivity index (χ0n) is 12.5. The smallest absolute Gasteiger partial charge is 0.0716 e. The normalized spacial score (nSPS) is 19.0.